The summed E-state index contributed by atoms with van der Waals surface area (Å²) in [4.78, 5) is 15.2. The van der Waals surface area contributed by atoms with E-state index in [-0.39, 0.29) is 30.2 Å². The Bertz CT molecular complexity index is 1540. The highest BCUT2D eigenvalue weighted by Gasteiger charge is 2.28. The monoisotopic (exact) mass is 482 g/mol. The Hall–Kier alpha value is -4.39. The van der Waals surface area contributed by atoms with E-state index in [0.717, 1.165) is 38.9 Å². The molecule has 4 aromatic rings. The van der Waals surface area contributed by atoms with E-state index in [0.29, 0.717) is 24.5 Å². The molecular formula is C29H26N2O5. The maximum atomic E-state index is 13.4. The zero-order chi connectivity index (χ0) is 25.0. The molecule has 0 bridgehead atoms. The van der Waals surface area contributed by atoms with Crippen LogP contribution in [0.4, 0.5) is 0 Å². The van der Waals surface area contributed by atoms with Gasteiger partial charge in [0.05, 0.1) is 17.3 Å². The Labute approximate surface area is 208 Å². The molecule has 1 amide bonds. The minimum atomic E-state index is -0.229. The van der Waals surface area contributed by atoms with Crippen LogP contribution in [0, 0.1) is 0 Å². The lowest BCUT2D eigenvalue weighted by Crippen LogP contribution is -2.37. The topological polar surface area (TPSA) is 84.2 Å². The highest BCUT2D eigenvalue weighted by molar-refractivity contribution is 6.02. The summed E-state index contributed by atoms with van der Waals surface area (Å²) < 4.78 is 13.4. The Morgan fingerprint density at radius 1 is 1.03 bits per heavy atom. The second-order valence-electron chi connectivity index (χ2n) is 9.24. The van der Waals surface area contributed by atoms with Crippen LogP contribution in [0.5, 0.6) is 23.0 Å². The van der Waals surface area contributed by atoms with Gasteiger partial charge in [-0.2, -0.15) is 0 Å². The number of nitrogens with zero attached hydrogens (tertiary/aromatic N) is 2. The quantitative estimate of drug-likeness (QED) is 0.312. The van der Waals surface area contributed by atoms with Crippen molar-refractivity contribution in [3.05, 3.63) is 77.4 Å². The van der Waals surface area contributed by atoms with Gasteiger partial charge < -0.3 is 29.2 Å². The van der Waals surface area contributed by atoms with E-state index in [1.54, 1.807) is 23.1 Å². The van der Waals surface area contributed by atoms with Crippen LogP contribution >= 0.6 is 0 Å². The van der Waals surface area contributed by atoms with Crippen LogP contribution in [0.25, 0.3) is 28.2 Å². The minimum absolute atomic E-state index is 0.113. The Morgan fingerprint density at radius 2 is 1.75 bits per heavy atom. The van der Waals surface area contributed by atoms with Gasteiger partial charge in [-0.15, -0.1) is 0 Å². The number of hydrogen-bond donors (Lipinski definition) is 2. The predicted octanol–water partition coefficient (Wildman–Crippen LogP) is 5.14. The molecule has 3 aromatic carbocycles. The number of ether oxygens (including phenoxy) is 2. The zero-order valence-corrected chi connectivity index (χ0v) is 20.1. The summed E-state index contributed by atoms with van der Waals surface area (Å²) in [7, 11) is 2.01. The van der Waals surface area contributed by atoms with E-state index in [2.05, 4.69) is 16.7 Å². The first-order chi connectivity index (χ1) is 17.4. The first kappa shape index (κ1) is 22.1. The molecule has 1 atom stereocenters. The Morgan fingerprint density at radius 3 is 2.53 bits per heavy atom. The number of phenolic OH excluding ortho intramolecular Hbond substituents is 2. The summed E-state index contributed by atoms with van der Waals surface area (Å²) in [6.45, 7) is 2.66. The zero-order valence-electron chi connectivity index (χ0n) is 20.1. The molecule has 7 heteroatoms. The van der Waals surface area contributed by atoms with Gasteiger partial charge in [0.25, 0.3) is 0 Å². The highest BCUT2D eigenvalue weighted by atomic mass is 16.7. The number of carbonyl (C=O) groups is 1. The number of hydrogen-bond acceptors (Lipinski definition) is 5. The van der Waals surface area contributed by atoms with Crippen LogP contribution in [0.2, 0.25) is 0 Å². The molecule has 0 radical (unpaired) electrons. The lowest BCUT2D eigenvalue weighted by molar-refractivity contribution is -0.128. The third kappa shape index (κ3) is 3.47. The fourth-order valence-corrected chi connectivity index (χ4v) is 5.36. The van der Waals surface area contributed by atoms with Crippen molar-refractivity contribution in [2.45, 2.75) is 19.4 Å². The molecule has 2 aliphatic rings. The molecule has 182 valence electrons. The summed E-state index contributed by atoms with van der Waals surface area (Å²) in [5.41, 5.74) is 5.75. The summed E-state index contributed by atoms with van der Waals surface area (Å²) in [6.07, 6.45) is 4.11. The average molecular weight is 483 g/mol. The Balaban J connectivity index is 1.40. The molecule has 1 aromatic heterocycles. The normalized spacial score (nSPS) is 16.6. The second kappa shape index (κ2) is 8.37. The van der Waals surface area contributed by atoms with Crippen molar-refractivity contribution in [2.24, 2.45) is 7.05 Å². The molecule has 0 spiro atoms. The maximum Gasteiger partial charge on any atom is 0.247 e. The molecule has 6 rings (SSSR count). The van der Waals surface area contributed by atoms with Gasteiger partial charge in [-0.1, -0.05) is 30.3 Å². The van der Waals surface area contributed by atoms with Crippen molar-refractivity contribution >= 4 is 22.9 Å². The summed E-state index contributed by atoms with van der Waals surface area (Å²) in [5, 5.41) is 20.8. The predicted molar refractivity (Wildman–Crippen MR) is 137 cm³/mol. The molecule has 3 heterocycles. The minimum Gasteiger partial charge on any atom is -0.504 e. The largest absolute Gasteiger partial charge is 0.504 e. The molecule has 2 N–H and O–H groups in total. The van der Waals surface area contributed by atoms with Gasteiger partial charge in [-0.3, -0.25) is 4.79 Å². The van der Waals surface area contributed by atoms with Gasteiger partial charge in [0, 0.05) is 36.7 Å². The van der Waals surface area contributed by atoms with Crippen molar-refractivity contribution in [2.75, 3.05) is 13.3 Å². The number of rotatable bonds is 3. The molecule has 36 heavy (non-hydrogen) atoms. The van der Waals surface area contributed by atoms with Crippen LogP contribution < -0.4 is 9.47 Å². The van der Waals surface area contributed by atoms with E-state index in [9.17, 15) is 15.0 Å². The fraction of sp³-hybridized carbons (Fsp3) is 0.207. The summed E-state index contributed by atoms with van der Waals surface area (Å²) in [5.74, 6) is 0.984. The summed E-state index contributed by atoms with van der Waals surface area (Å²) in [6, 6.07) is 17.0. The molecule has 0 saturated heterocycles. The van der Waals surface area contributed by atoms with Gasteiger partial charge in [0.15, 0.2) is 23.0 Å². The fourth-order valence-electron chi connectivity index (χ4n) is 5.36. The van der Waals surface area contributed by atoms with Gasteiger partial charge in [0.2, 0.25) is 12.7 Å². The number of aromatic nitrogens is 1. The van der Waals surface area contributed by atoms with E-state index in [4.69, 9.17) is 9.47 Å². The molecule has 1 unspecified atom stereocenters. The molecule has 0 aliphatic carbocycles. The standard InChI is InChI=1S/C29H26N2O5/c1-17-21-13-25(33)24(32)12-19(21)10-11-31(17)28(34)9-8-20-22-14-26-27(36-16-35-26)15-23(22)30(2)29(20)18-6-4-3-5-7-18/h3-9,12-15,17,32-33H,10-11,16H2,1-2H3. The number of aryl methyl sites for hydroxylation is 1. The average Bonchev–Trinajstić information content (AvgIpc) is 3.45. The van der Waals surface area contributed by atoms with Gasteiger partial charge >= 0.3 is 0 Å². The number of phenols is 2. The maximum absolute atomic E-state index is 13.4. The van der Waals surface area contributed by atoms with Crippen LogP contribution in [0.15, 0.2) is 60.7 Å². The number of fused-ring (bicyclic) bond motifs is 3. The lowest BCUT2D eigenvalue weighted by atomic mass is 9.92. The van der Waals surface area contributed by atoms with Crippen LogP contribution in [0.1, 0.15) is 29.7 Å². The smallest absolute Gasteiger partial charge is 0.247 e. The second-order valence-corrected chi connectivity index (χ2v) is 9.24. The first-order valence-electron chi connectivity index (χ1n) is 11.9. The summed E-state index contributed by atoms with van der Waals surface area (Å²) >= 11 is 0. The van der Waals surface area contributed by atoms with E-state index in [1.807, 2.05) is 50.4 Å². The van der Waals surface area contributed by atoms with E-state index >= 15 is 0 Å². The highest BCUT2D eigenvalue weighted by Crippen LogP contribution is 2.42. The number of carbonyl (C=O) groups excluding carboxylic acids is 1. The van der Waals surface area contributed by atoms with E-state index in [1.165, 1.54) is 0 Å². The molecular weight excluding hydrogens is 456 g/mol. The Kier molecular flexibility index (Phi) is 5.14. The number of amides is 1. The van der Waals surface area contributed by atoms with E-state index < -0.39 is 0 Å². The van der Waals surface area contributed by atoms with Crippen LogP contribution in [-0.4, -0.2) is 38.9 Å². The number of aromatic hydroxyl groups is 2. The van der Waals surface area contributed by atoms with Gasteiger partial charge in [-0.05, 0) is 54.3 Å². The van der Waals surface area contributed by atoms with Crippen molar-refractivity contribution in [3.8, 4) is 34.3 Å². The van der Waals surface area contributed by atoms with Crippen LogP contribution in [0.3, 0.4) is 0 Å². The molecule has 2 aliphatic heterocycles. The number of benzene rings is 3. The third-order valence-corrected chi connectivity index (χ3v) is 7.23. The van der Waals surface area contributed by atoms with Crippen molar-refractivity contribution in [1.82, 2.24) is 9.47 Å². The van der Waals surface area contributed by atoms with Crippen molar-refractivity contribution < 1.29 is 24.5 Å². The molecule has 0 saturated carbocycles. The van der Waals surface area contributed by atoms with Gasteiger partial charge in [0.1, 0.15) is 0 Å². The van der Waals surface area contributed by atoms with Crippen molar-refractivity contribution in [3.63, 3.8) is 0 Å². The van der Waals surface area contributed by atoms with Gasteiger partial charge in [-0.25, -0.2) is 0 Å². The lowest BCUT2D eigenvalue weighted by Gasteiger charge is -2.34. The van der Waals surface area contributed by atoms with Crippen LogP contribution in [-0.2, 0) is 18.3 Å². The SMILES string of the molecule is CC1c2cc(O)c(O)cc2CCN1C(=O)C=Cc1c(-c2ccccc2)n(C)c2cc3c(cc12)OCO3. The molecule has 0 fully saturated rings. The third-order valence-electron chi connectivity index (χ3n) is 7.23. The first-order valence-corrected chi connectivity index (χ1v) is 11.9. The molecule has 7 nitrogen and oxygen atoms in total. The van der Waals surface area contributed by atoms with Crippen molar-refractivity contribution in [1.29, 1.82) is 0 Å².